The lowest BCUT2D eigenvalue weighted by molar-refractivity contribution is -0.163. The zero-order valence-electron chi connectivity index (χ0n) is 19.5. The van der Waals surface area contributed by atoms with Crippen molar-refractivity contribution in [3.8, 4) is 11.5 Å². The molecule has 3 amide bonds. The van der Waals surface area contributed by atoms with Crippen LogP contribution in [0.4, 0.5) is 5.69 Å². The van der Waals surface area contributed by atoms with Gasteiger partial charge in [0.2, 0.25) is 5.91 Å². The average Bonchev–Trinajstić information content (AvgIpc) is 3.26. The number of amides is 3. The molecule has 2 N–H and O–H groups in total. The van der Waals surface area contributed by atoms with E-state index in [-0.39, 0.29) is 12.5 Å². The summed E-state index contributed by atoms with van der Waals surface area (Å²) < 4.78 is 10.5. The van der Waals surface area contributed by atoms with Crippen molar-refractivity contribution in [3.05, 3.63) is 53.6 Å². The number of carbonyl (C=O) groups is 3. The molecule has 2 saturated heterocycles. The van der Waals surface area contributed by atoms with E-state index in [1.54, 1.807) is 14.2 Å². The monoisotopic (exact) mass is 467 g/mol. The Morgan fingerprint density at radius 2 is 1.71 bits per heavy atom. The number of hydrogen-bond donors (Lipinski definition) is 2. The van der Waals surface area contributed by atoms with Crippen LogP contribution in [0, 0.1) is 6.92 Å². The van der Waals surface area contributed by atoms with Gasteiger partial charge in [0, 0.05) is 25.3 Å². The van der Waals surface area contributed by atoms with E-state index in [2.05, 4.69) is 10.7 Å². The number of rotatable bonds is 8. The molecule has 1 atom stereocenters. The summed E-state index contributed by atoms with van der Waals surface area (Å²) in [5.41, 5.74) is 6.09. The first-order valence-corrected chi connectivity index (χ1v) is 11.1. The Morgan fingerprint density at radius 1 is 1.00 bits per heavy atom. The Balaban J connectivity index is 1.34. The normalized spacial score (nSPS) is 17.6. The molecule has 2 aromatic rings. The maximum Gasteiger partial charge on any atom is 0.326 e. The van der Waals surface area contributed by atoms with Gasteiger partial charge in [0.05, 0.1) is 14.2 Å². The number of ether oxygens (including phenoxy) is 2. The van der Waals surface area contributed by atoms with Crippen LogP contribution in [0.5, 0.6) is 11.5 Å². The van der Waals surface area contributed by atoms with Gasteiger partial charge in [-0.25, -0.2) is 0 Å². The number of benzene rings is 2. The van der Waals surface area contributed by atoms with E-state index in [1.165, 1.54) is 4.90 Å². The Morgan fingerprint density at radius 3 is 2.41 bits per heavy atom. The molecule has 0 aliphatic carbocycles. The van der Waals surface area contributed by atoms with E-state index >= 15 is 0 Å². The maximum atomic E-state index is 12.7. The SMILES string of the molecule is COc1ccc(CCNC(=O)CN2NC3N(CCN3c3ccc(C)cc3)C(=O)C2=O)cc1OC. The van der Waals surface area contributed by atoms with Gasteiger partial charge < -0.3 is 19.7 Å². The standard InChI is InChI=1S/C24H29N5O5/c1-16-4-7-18(8-5-16)27-12-13-28-22(31)23(32)29(26-24(27)28)15-21(30)25-11-10-17-6-9-19(33-2)20(14-17)34-3/h4-9,14,24,26H,10-13,15H2,1-3H3,(H,25,30). The van der Waals surface area contributed by atoms with Crippen molar-refractivity contribution in [1.82, 2.24) is 20.7 Å². The summed E-state index contributed by atoms with van der Waals surface area (Å²) in [6, 6.07) is 13.5. The Bertz CT molecular complexity index is 1070. The number of nitrogens with zero attached hydrogens (tertiary/aromatic N) is 3. The number of aryl methyl sites for hydroxylation is 1. The Hall–Kier alpha value is -3.79. The minimum Gasteiger partial charge on any atom is -0.493 e. The molecular weight excluding hydrogens is 438 g/mol. The third-order valence-electron chi connectivity index (χ3n) is 5.98. The van der Waals surface area contributed by atoms with Crippen molar-refractivity contribution in [2.24, 2.45) is 0 Å². The molecular formula is C24H29N5O5. The molecule has 2 aliphatic rings. The molecule has 2 fully saturated rings. The molecule has 2 heterocycles. The maximum absolute atomic E-state index is 12.7. The van der Waals surface area contributed by atoms with Crippen LogP contribution in [0.3, 0.4) is 0 Å². The van der Waals surface area contributed by atoms with Crippen LogP contribution in [0.25, 0.3) is 0 Å². The summed E-state index contributed by atoms with van der Waals surface area (Å²) in [4.78, 5) is 41.3. The molecule has 34 heavy (non-hydrogen) atoms. The molecule has 0 aromatic heterocycles. The van der Waals surface area contributed by atoms with Gasteiger partial charge in [-0.1, -0.05) is 23.8 Å². The molecule has 2 aliphatic heterocycles. The number of nitrogens with one attached hydrogen (secondary N) is 2. The van der Waals surface area contributed by atoms with Crippen LogP contribution >= 0.6 is 0 Å². The second-order valence-corrected chi connectivity index (χ2v) is 8.21. The van der Waals surface area contributed by atoms with Crippen molar-refractivity contribution < 1.29 is 23.9 Å². The third-order valence-corrected chi connectivity index (χ3v) is 5.98. The summed E-state index contributed by atoms with van der Waals surface area (Å²) in [6.45, 7) is 3.14. The number of fused-ring (bicyclic) bond motifs is 1. The second kappa shape index (κ2) is 10.0. The molecule has 4 rings (SSSR count). The summed E-state index contributed by atoms with van der Waals surface area (Å²) in [7, 11) is 3.14. The molecule has 0 spiro atoms. The van der Waals surface area contributed by atoms with Crippen LogP contribution < -0.4 is 25.1 Å². The molecule has 0 saturated carbocycles. The zero-order chi connectivity index (χ0) is 24.2. The highest BCUT2D eigenvalue weighted by molar-refractivity contribution is 6.35. The number of anilines is 1. The van der Waals surface area contributed by atoms with E-state index in [1.807, 2.05) is 54.3 Å². The molecule has 10 heteroatoms. The number of hydrazine groups is 1. The van der Waals surface area contributed by atoms with E-state index in [9.17, 15) is 14.4 Å². The summed E-state index contributed by atoms with van der Waals surface area (Å²) in [5, 5.41) is 3.90. The highest BCUT2D eigenvalue weighted by Gasteiger charge is 2.45. The Labute approximate surface area is 198 Å². The van der Waals surface area contributed by atoms with Crippen LogP contribution in [0.2, 0.25) is 0 Å². The quantitative estimate of drug-likeness (QED) is 0.550. The van der Waals surface area contributed by atoms with Gasteiger partial charge in [-0.15, -0.1) is 0 Å². The van der Waals surface area contributed by atoms with Crippen molar-refractivity contribution >= 4 is 23.4 Å². The smallest absolute Gasteiger partial charge is 0.326 e. The van der Waals surface area contributed by atoms with Crippen LogP contribution in [-0.4, -0.2) is 74.3 Å². The predicted molar refractivity (Wildman–Crippen MR) is 125 cm³/mol. The fraction of sp³-hybridized carbons (Fsp3) is 0.375. The molecule has 1 unspecified atom stereocenters. The fourth-order valence-corrected chi connectivity index (χ4v) is 4.12. The van der Waals surface area contributed by atoms with Gasteiger partial charge in [0.1, 0.15) is 6.54 Å². The van der Waals surface area contributed by atoms with Gasteiger partial charge in [0.15, 0.2) is 17.8 Å². The number of hydrogen-bond acceptors (Lipinski definition) is 7. The van der Waals surface area contributed by atoms with Crippen molar-refractivity contribution in [2.75, 3.05) is 45.3 Å². The lowest BCUT2D eigenvalue weighted by atomic mass is 10.1. The first-order valence-electron chi connectivity index (χ1n) is 11.1. The average molecular weight is 468 g/mol. The van der Waals surface area contributed by atoms with E-state index in [4.69, 9.17) is 9.47 Å². The second-order valence-electron chi connectivity index (χ2n) is 8.21. The summed E-state index contributed by atoms with van der Waals surface area (Å²) in [5.74, 6) is -0.460. The highest BCUT2D eigenvalue weighted by atomic mass is 16.5. The molecule has 10 nitrogen and oxygen atoms in total. The highest BCUT2D eigenvalue weighted by Crippen LogP contribution is 2.28. The summed E-state index contributed by atoms with van der Waals surface area (Å²) >= 11 is 0. The topological polar surface area (TPSA) is 103 Å². The van der Waals surface area contributed by atoms with Crippen molar-refractivity contribution in [3.63, 3.8) is 0 Å². The largest absolute Gasteiger partial charge is 0.493 e. The first-order chi connectivity index (χ1) is 16.4. The minimum absolute atomic E-state index is 0.261. The Kier molecular flexibility index (Phi) is 6.87. The van der Waals surface area contributed by atoms with Crippen LogP contribution in [0.1, 0.15) is 11.1 Å². The van der Waals surface area contributed by atoms with E-state index in [0.717, 1.165) is 21.8 Å². The van der Waals surface area contributed by atoms with E-state index < -0.39 is 18.1 Å². The predicted octanol–water partition coefficient (Wildman–Crippen LogP) is 0.650. The van der Waals surface area contributed by atoms with Crippen LogP contribution in [0.15, 0.2) is 42.5 Å². The van der Waals surface area contributed by atoms with Crippen molar-refractivity contribution in [2.45, 2.75) is 19.6 Å². The lowest BCUT2D eigenvalue weighted by Crippen LogP contribution is -2.68. The molecule has 0 radical (unpaired) electrons. The molecule has 2 aromatic carbocycles. The van der Waals surface area contributed by atoms with Crippen LogP contribution in [-0.2, 0) is 20.8 Å². The lowest BCUT2D eigenvalue weighted by Gasteiger charge is -2.40. The first kappa shape index (κ1) is 23.4. The number of carbonyl (C=O) groups excluding carboxylic acids is 3. The summed E-state index contributed by atoms with van der Waals surface area (Å²) in [6.07, 6.45) is 0.0526. The molecule has 0 bridgehead atoms. The minimum atomic E-state index is -0.739. The fourth-order valence-electron chi connectivity index (χ4n) is 4.12. The van der Waals surface area contributed by atoms with Gasteiger partial charge in [-0.05, 0) is 43.2 Å². The van der Waals surface area contributed by atoms with Gasteiger partial charge in [-0.2, -0.15) is 5.43 Å². The van der Waals surface area contributed by atoms with E-state index in [0.29, 0.717) is 37.6 Å². The van der Waals surface area contributed by atoms with Gasteiger partial charge >= 0.3 is 11.8 Å². The number of methoxy groups -OCH3 is 2. The van der Waals surface area contributed by atoms with Gasteiger partial charge in [-0.3, -0.25) is 24.3 Å². The third kappa shape index (κ3) is 4.76. The van der Waals surface area contributed by atoms with Crippen molar-refractivity contribution in [1.29, 1.82) is 0 Å². The van der Waals surface area contributed by atoms with Gasteiger partial charge in [0.25, 0.3) is 0 Å². The zero-order valence-corrected chi connectivity index (χ0v) is 19.5. The molecule has 180 valence electrons.